The van der Waals surface area contributed by atoms with Crippen LogP contribution in [0.3, 0.4) is 0 Å². The lowest BCUT2D eigenvalue weighted by atomic mass is 9.74. The number of allylic oxidation sites excluding steroid dienone is 4. The van der Waals surface area contributed by atoms with Gasteiger partial charge in [-0.25, -0.2) is 0 Å². The molecule has 6 rings (SSSR count). The lowest BCUT2D eigenvalue weighted by Crippen LogP contribution is -2.31. The molecule has 0 fully saturated rings. The first-order valence-corrected chi connectivity index (χ1v) is 13.2. The van der Waals surface area contributed by atoms with E-state index in [1.165, 1.54) is 33.3 Å². The van der Waals surface area contributed by atoms with Crippen molar-refractivity contribution in [2.24, 2.45) is 4.99 Å². The minimum absolute atomic E-state index is 0.117. The van der Waals surface area contributed by atoms with Crippen molar-refractivity contribution in [1.29, 1.82) is 5.26 Å². The third kappa shape index (κ3) is 3.68. The van der Waals surface area contributed by atoms with Crippen LogP contribution in [0.2, 0.25) is 0 Å². The van der Waals surface area contributed by atoms with Gasteiger partial charge in [0.1, 0.15) is 0 Å². The number of benzene rings is 4. The molecule has 0 aliphatic carbocycles. The number of likely N-dealkylation sites (N-methyl/N-ethyl adjacent to an activating group) is 1. The van der Waals surface area contributed by atoms with Gasteiger partial charge in [0.15, 0.2) is 0 Å². The molecule has 4 aromatic carbocycles. The summed E-state index contributed by atoms with van der Waals surface area (Å²) in [5, 5.41) is 12.1. The molecular formula is C35H31N3. The Morgan fingerprint density at radius 1 is 0.895 bits per heavy atom. The maximum absolute atomic E-state index is 9.56. The number of nitriles is 1. The molecule has 0 aromatic heterocycles. The lowest BCUT2D eigenvalue weighted by molar-refractivity contribution is 0.640. The van der Waals surface area contributed by atoms with Crippen LogP contribution in [-0.4, -0.2) is 12.8 Å². The second kappa shape index (κ2) is 8.85. The van der Waals surface area contributed by atoms with Crippen molar-refractivity contribution in [2.75, 3.05) is 11.9 Å². The minimum Gasteiger partial charge on any atom is -0.347 e. The number of fused-ring (bicyclic) bond motifs is 4. The zero-order chi connectivity index (χ0) is 26.5. The fourth-order valence-electron chi connectivity index (χ4n) is 6.30. The predicted molar refractivity (Wildman–Crippen MR) is 158 cm³/mol. The smallest absolute Gasteiger partial charge is 0.0991 e. The average Bonchev–Trinajstić information content (AvgIpc) is 3.31. The molecular weight excluding hydrogens is 462 g/mol. The van der Waals surface area contributed by atoms with Crippen LogP contribution in [0.1, 0.15) is 43.0 Å². The summed E-state index contributed by atoms with van der Waals surface area (Å²) in [5.41, 5.74) is 8.46. The Labute approximate surface area is 225 Å². The molecule has 186 valence electrons. The third-order valence-corrected chi connectivity index (χ3v) is 8.35. The SMILES string of the molecule is CN1/C(=C/C=C/C2=Nc3ccc(C#N)cc3C2(C)Cc2ccccc2)C(C)(C)c2ccc3ccccc3c21. The summed E-state index contributed by atoms with van der Waals surface area (Å²) in [6, 6.07) is 31.8. The van der Waals surface area contributed by atoms with Crippen LogP contribution in [0, 0.1) is 11.3 Å². The number of hydrogen-bond acceptors (Lipinski definition) is 3. The molecule has 0 N–H and O–H groups in total. The maximum Gasteiger partial charge on any atom is 0.0991 e. The van der Waals surface area contributed by atoms with Gasteiger partial charge in [-0.05, 0) is 65.8 Å². The Morgan fingerprint density at radius 3 is 2.45 bits per heavy atom. The Morgan fingerprint density at radius 2 is 1.66 bits per heavy atom. The second-order valence-corrected chi connectivity index (χ2v) is 11.1. The molecule has 2 heterocycles. The summed E-state index contributed by atoms with van der Waals surface area (Å²) >= 11 is 0. The van der Waals surface area contributed by atoms with E-state index < -0.39 is 0 Å². The molecule has 0 saturated heterocycles. The second-order valence-electron chi connectivity index (χ2n) is 11.1. The van der Waals surface area contributed by atoms with E-state index in [1.807, 2.05) is 24.3 Å². The predicted octanol–water partition coefficient (Wildman–Crippen LogP) is 8.17. The van der Waals surface area contributed by atoms with Crippen molar-refractivity contribution in [2.45, 2.75) is 38.0 Å². The maximum atomic E-state index is 9.56. The number of rotatable bonds is 4. The molecule has 4 aromatic rings. The van der Waals surface area contributed by atoms with Gasteiger partial charge in [-0.15, -0.1) is 0 Å². The first-order valence-electron chi connectivity index (χ1n) is 13.2. The first kappa shape index (κ1) is 23.9. The summed E-state index contributed by atoms with van der Waals surface area (Å²) in [4.78, 5) is 7.40. The number of hydrogen-bond donors (Lipinski definition) is 0. The van der Waals surface area contributed by atoms with Crippen molar-refractivity contribution in [3.63, 3.8) is 0 Å². The van der Waals surface area contributed by atoms with Crippen LogP contribution in [0.15, 0.2) is 114 Å². The molecule has 0 amide bonds. The van der Waals surface area contributed by atoms with Gasteiger partial charge in [0.25, 0.3) is 0 Å². The molecule has 2 aliphatic rings. The van der Waals surface area contributed by atoms with Gasteiger partial charge in [0, 0.05) is 29.0 Å². The van der Waals surface area contributed by atoms with Gasteiger partial charge in [-0.2, -0.15) is 5.26 Å². The van der Waals surface area contributed by atoms with Crippen LogP contribution in [0.25, 0.3) is 10.8 Å². The molecule has 0 bridgehead atoms. The van der Waals surface area contributed by atoms with Gasteiger partial charge >= 0.3 is 0 Å². The molecule has 1 atom stereocenters. The third-order valence-electron chi connectivity index (χ3n) is 8.35. The Kier molecular flexibility index (Phi) is 5.58. The van der Waals surface area contributed by atoms with Crippen molar-refractivity contribution >= 4 is 27.9 Å². The van der Waals surface area contributed by atoms with Crippen LogP contribution >= 0.6 is 0 Å². The first-order chi connectivity index (χ1) is 18.3. The van der Waals surface area contributed by atoms with E-state index in [4.69, 9.17) is 4.99 Å². The molecule has 0 saturated carbocycles. The zero-order valence-electron chi connectivity index (χ0n) is 22.4. The van der Waals surface area contributed by atoms with Crippen LogP contribution in [0.4, 0.5) is 11.4 Å². The highest BCUT2D eigenvalue weighted by molar-refractivity contribution is 6.09. The number of aliphatic imine (C=N–C) groups is 1. The standard InChI is InChI=1S/C35H31N3/c1-34(2)28-19-18-26-13-8-9-14-27(26)33(28)38(4)32(34)16-10-15-31-35(3,22-24-11-6-5-7-12-24)29-21-25(23-36)17-20-30(29)37-31/h5-21H,22H2,1-4H3/b15-10+,32-16+. The van der Waals surface area contributed by atoms with E-state index in [9.17, 15) is 5.26 Å². The topological polar surface area (TPSA) is 39.4 Å². The summed E-state index contributed by atoms with van der Waals surface area (Å²) in [5.74, 6) is 0. The fourth-order valence-corrected chi connectivity index (χ4v) is 6.30. The summed E-state index contributed by atoms with van der Waals surface area (Å²) in [6.07, 6.45) is 7.37. The van der Waals surface area contributed by atoms with Gasteiger partial charge in [0.2, 0.25) is 0 Å². The van der Waals surface area contributed by atoms with E-state index in [2.05, 4.69) is 118 Å². The van der Waals surface area contributed by atoms with Crippen LogP contribution < -0.4 is 4.90 Å². The molecule has 0 spiro atoms. The zero-order valence-corrected chi connectivity index (χ0v) is 22.4. The highest BCUT2D eigenvalue weighted by atomic mass is 15.2. The Hall–Kier alpha value is -4.42. The van der Waals surface area contributed by atoms with Gasteiger partial charge < -0.3 is 4.90 Å². The number of nitrogens with zero attached hydrogens (tertiary/aromatic N) is 3. The van der Waals surface area contributed by atoms with Crippen LogP contribution in [-0.2, 0) is 17.3 Å². The summed E-state index contributed by atoms with van der Waals surface area (Å²) in [7, 11) is 2.17. The van der Waals surface area contributed by atoms with E-state index >= 15 is 0 Å². The molecule has 3 heteroatoms. The Balaban J connectivity index is 1.39. The molecule has 0 radical (unpaired) electrons. The van der Waals surface area contributed by atoms with Crippen molar-refractivity contribution < 1.29 is 0 Å². The quantitative estimate of drug-likeness (QED) is 0.288. The van der Waals surface area contributed by atoms with Gasteiger partial charge in [-0.1, -0.05) is 86.7 Å². The van der Waals surface area contributed by atoms with Crippen molar-refractivity contribution in [3.05, 3.63) is 131 Å². The highest BCUT2D eigenvalue weighted by Crippen LogP contribution is 2.50. The van der Waals surface area contributed by atoms with E-state index in [0.29, 0.717) is 5.56 Å². The molecule has 3 nitrogen and oxygen atoms in total. The molecule has 2 aliphatic heterocycles. The van der Waals surface area contributed by atoms with Gasteiger partial charge in [0.05, 0.1) is 28.7 Å². The lowest BCUT2D eigenvalue weighted by Gasteiger charge is -2.27. The van der Waals surface area contributed by atoms with E-state index in [-0.39, 0.29) is 10.8 Å². The van der Waals surface area contributed by atoms with E-state index in [0.717, 1.165) is 23.4 Å². The van der Waals surface area contributed by atoms with Crippen LogP contribution in [0.5, 0.6) is 0 Å². The normalized spacial score (nSPS) is 20.6. The average molecular weight is 494 g/mol. The minimum atomic E-state index is -0.325. The summed E-state index contributed by atoms with van der Waals surface area (Å²) in [6.45, 7) is 6.85. The number of anilines is 1. The van der Waals surface area contributed by atoms with E-state index in [1.54, 1.807) is 0 Å². The largest absolute Gasteiger partial charge is 0.347 e. The monoisotopic (exact) mass is 493 g/mol. The van der Waals surface area contributed by atoms with Crippen molar-refractivity contribution in [3.8, 4) is 6.07 Å². The van der Waals surface area contributed by atoms with Gasteiger partial charge in [-0.3, -0.25) is 4.99 Å². The van der Waals surface area contributed by atoms with Crippen molar-refractivity contribution in [1.82, 2.24) is 0 Å². The molecule has 1 unspecified atom stereocenters. The Bertz CT molecular complexity index is 1700. The summed E-state index contributed by atoms with van der Waals surface area (Å²) < 4.78 is 0. The highest BCUT2D eigenvalue weighted by Gasteiger charge is 2.40. The molecule has 38 heavy (non-hydrogen) atoms. The fraction of sp³-hybridized carbons (Fsp3) is 0.200.